The van der Waals surface area contributed by atoms with Gasteiger partial charge >= 0.3 is 0 Å². The number of benzene rings is 1. The lowest BCUT2D eigenvalue weighted by atomic mass is 9.84. The zero-order valence-electron chi connectivity index (χ0n) is 37.2. The molecule has 8 amide bonds. The first kappa shape index (κ1) is 53.2. The largest absolute Gasteiger partial charge is 0.370 e. The van der Waals surface area contributed by atoms with E-state index in [9.17, 15) is 38.4 Å². The summed E-state index contributed by atoms with van der Waals surface area (Å²) in [5, 5.41) is 16.8. The molecular formula is C42H63N15O8S2. The number of nitrogens with zero attached hydrogens (tertiary/aromatic N) is 3. The molecule has 1 saturated heterocycles. The Balaban J connectivity index is 1.57. The van der Waals surface area contributed by atoms with Crippen LogP contribution in [0.3, 0.4) is 0 Å². The first-order valence-electron chi connectivity index (χ1n) is 22.1. The van der Waals surface area contributed by atoms with Gasteiger partial charge in [0.05, 0.1) is 11.1 Å². The smallest absolute Gasteiger partial charge is 0.253 e. The molecule has 1 aliphatic heterocycles. The van der Waals surface area contributed by atoms with Crippen LogP contribution in [0.5, 0.6) is 0 Å². The number of aliphatic imine (C=N–C) groups is 2. The fraction of sp³-hybridized carbons (Fsp3) is 0.548. The van der Waals surface area contributed by atoms with E-state index in [0.717, 1.165) is 32.1 Å². The lowest BCUT2D eigenvalue weighted by molar-refractivity contribution is -0.135. The molecule has 0 spiro atoms. The topological polar surface area (TPSA) is 402 Å². The van der Waals surface area contributed by atoms with E-state index < -0.39 is 83.5 Å². The second-order valence-corrected chi connectivity index (χ2v) is 18.9. The number of hydrogen-bond acceptors (Lipinski definition) is 13. The fourth-order valence-electron chi connectivity index (χ4n) is 7.50. The van der Waals surface area contributed by atoms with E-state index in [0.29, 0.717) is 10.9 Å². The van der Waals surface area contributed by atoms with Gasteiger partial charge in [-0.15, -0.1) is 0 Å². The molecule has 25 heteroatoms. The van der Waals surface area contributed by atoms with Crippen LogP contribution in [-0.2, 0) is 33.6 Å². The van der Waals surface area contributed by atoms with Crippen molar-refractivity contribution in [2.24, 2.45) is 50.3 Å². The normalized spacial score (nSPS) is 18.2. The highest BCUT2D eigenvalue weighted by Crippen LogP contribution is 2.28. The molecule has 2 fully saturated rings. The maximum atomic E-state index is 14.3. The van der Waals surface area contributed by atoms with E-state index in [1.165, 1.54) is 27.8 Å². The predicted octanol–water partition coefficient (Wildman–Crippen LogP) is -2.02. The Morgan fingerprint density at radius 1 is 0.716 bits per heavy atom. The summed E-state index contributed by atoms with van der Waals surface area (Å²) >= 11 is 0. The van der Waals surface area contributed by atoms with Crippen LogP contribution in [0.1, 0.15) is 87.4 Å². The second-order valence-electron chi connectivity index (χ2n) is 16.4. The second kappa shape index (κ2) is 27.3. The first-order chi connectivity index (χ1) is 32.0. The third-order valence-corrected chi connectivity index (χ3v) is 13.5. The Labute approximate surface area is 395 Å². The highest BCUT2D eigenvalue weighted by molar-refractivity contribution is 8.76. The summed E-state index contributed by atoms with van der Waals surface area (Å²) in [6.45, 7) is 0.193. The van der Waals surface area contributed by atoms with Crippen LogP contribution in [0.25, 0.3) is 10.9 Å². The number of amides is 8. The monoisotopic (exact) mass is 969 g/mol. The minimum absolute atomic E-state index is 0.0392. The maximum Gasteiger partial charge on any atom is 0.253 e. The molecule has 1 aliphatic carbocycles. The van der Waals surface area contributed by atoms with Crippen molar-refractivity contribution in [2.45, 2.75) is 113 Å². The van der Waals surface area contributed by atoms with Gasteiger partial charge in [0.25, 0.3) is 5.91 Å². The lowest BCUT2D eigenvalue weighted by Gasteiger charge is -2.30. The number of nitrogens with one attached hydrogen (secondary N) is 6. The zero-order valence-corrected chi connectivity index (χ0v) is 38.8. The summed E-state index contributed by atoms with van der Waals surface area (Å²) in [5.74, 6) is -5.74. The van der Waals surface area contributed by atoms with Gasteiger partial charge in [0.2, 0.25) is 41.4 Å². The van der Waals surface area contributed by atoms with Crippen LogP contribution < -0.4 is 66.3 Å². The number of pyridine rings is 1. The molecule has 67 heavy (non-hydrogen) atoms. The molecule has 0 radical (unpaired) electrons. The van der Waals surface area contributed by atoms with Crippen molar-refractivity contribution in [1.82, 2.24) is 36.9 Å². The number of primary amides is 2. The number of fused-ring (bicyclic) bond motifs is 1. The van der Waals surface area contributed by atoms with E-state index in [1.54, 1.807) is 24.3 Å². The molecule has 23 nitrogen and oxygen atoms in total. The van der Waals surface area contributed by atoms with Crippen LogP contribution in [0.15, 0.2) is 46.5 Å². The highest BCUT2D eigenvalue weighted by atomic mass is 33.1. The quantitative estimate of drug-likeness (QED) is 0.0234. The van der Waals surface area contributed by atoms with Gasteiger partial charge < -0.3 is 66.3 Å². The van der Waals surface area contributed by atoms with Crippen LogP contribution in [0.2, 0.25) is 0 Å². The molecule has 2 aromatic rings. The molecule has 1 saturated carbocycles. The molecule has 4 rings (SSSR count). The van der Waals surface area contributed by atoms with Crippen molar-refractivity contribution in [3.05, 3.63) is 42.1 Å². The molecule has 1 aromatic heterocycles. The minimum atomic E-state index is -1.44. The molecule has 1 aromatic carbocycles. The summed E-state index contributed by atoms with van der Waals surface area (Å²) in [6, 6.07) is 1.59. The van der Waals surface area contributed by atoms with E-state index in [4.69, 9.17) is 34.4 Å². The average molecular weight is 970 g/mol. The van der Waals surface area contributed by atoms with Crippen LogP contribution in [-0.4, -0.2) is 125 Å². The van der Waals surface area contributed by atoms with Crippen molar-refractivity contribution in [2.75, 3.05) is 24.6 Å². The third-order valence-electron chi connectivity index (χ3n) is 11.1. The summed E-state index contributed by atoms with van der Waals surface area (Å²) < 4.78 is 0. The van der Waals surface area contributed by atoms with Crippen molar-refractivity contribution < 1.29 is 38.4 Å². The molecule has 6 atom stereocenters. The van der Waals surface area contributed by atoms with Gasteiger partial charge in [-0.05, 0) is 56.6 Å². The van der Waals surface area contributed by atoms with Crippen LogP contribution in [0, 0.1) is 5.92 Å². The summed E-state index contributed by atoms with van der Waals surface area (Å²) in [5.41, 5.74) is 33.8. The Morgan fingerprint density at radius 2 is 1.28 bits per heavy atom. The molecule has 18 N–H and O–H groups in total. The van der Waals surface area contributed by atoms with E-state index in [2.05, 4.69) is 46.9 Å². The van der Waals surface area contributed by atoms with Gasteiger partial charge in [-0.3, -0.25) is 53.3 Å². The number of nitrogens with two attached hydrogens (primary N) is 6. The molecule has 2 aliphatic rings. The van der Waals surface area contributed by atoms with E-state index in [1.807, 2.05) is 6.07 Å². The van der Waals surface area contributed by atoms with Gasteiger partial charge in [0, 0.05) is 42.6 Å². The first-order valence-corrected chi connectivity index (χ1v) is 24.6. The Hall–Kier alpha value is -6.37. The summed E-state index contributed by atoms with van der Waals surface area (Å²) in [6.07, 6.45) is 5.85. The van der Waals surface area contributed by atoms with Gasteiger partial charge in [-0.2, -0.15) is 0 Å². The summed E-state index contributed by atoms with van der Waals surface area (Å²) in [7, 11) is 2.59. The number of para-hydroxylation sites is 1. The number of aromatic nitrogens is 1. The van der Waals surface area contributed by atoms with Crippen LogP contribution >= 0.6 is 21.6 Å². The van der Waals surface area contributed by atoms with Crippen molar-refractivity contribution in [1.29, 1.82) is 0 Å². The van der Waals surface area contributed by atoms with E-state index in [-0.39, 0.29) is 92.9 Å². The molecular weight excluding hydrogens is 907 g/mol. The van der Waals surface area contributed by atoms with Gasteiger partial charge in [0.1, 0.15) is 36.3 Å². The van der Waals surface area contributed by atoms with Gasteiger partial charge in [-0.1, -0.05) is 71.9 Å². The van der Waals surface area contributed by atoms with Crippen LogP contribution in [0.4, 0.5) is 0 Å². The average Bonchev–Trinajstić information content (AvgIpc) is 3.28. The zero-order chi connectivity index (χ0) is 48.9. The van der Waals surface area contributed by atoms with Gasteiger partial charge in [-0.25, -0.2) is 0 Å². The standard InChI is InChI=1S/C42H63N15O8S2/c43-33(58)15-14-29(38(63)55-30(18-23-8-2-1-3-9-23)39(64)57-32-22-67-66-21-31(34(44)59)56-40(32)65)54-37(62)28(13-7-17-50-42(47)48)53-36(61)27(12-6-16-49-41(45)46)52-35(60)25-19-24-10-4-5-11-26(24)51-20-25/h4-5,10-11,19-20,23,27-32H,1-3,6-9,12-18,21-22H2,(H2,43,58)(H2,44,59)(H,52,60)(H,53,61)(H,54,62)(H,55,63)(H,56,65)(H,57,64)(H4,45,46,49)(H4,47,48,50)/t27-,28-,29+,30+,31+,32+/m1/s1. The molecule has 366 valence electrons. The van der Waals surface area contributed by atoms with Gasteiger partial charge in [0.15, 0.2) is 11.9 Å². The number of guanidine groups is 2. The summed E-state index contributed by atoms with van der Waals surface area (Å²) in [4.78, 5) is 120. The molecule has 0 bridgehead atoms. The SMILES string of the molecule is NC(=O)CC[C@H](NC(=O)[C@@H](CCCN=C(N)N)NC(=O)[C@@H](CCCN=C(N)N)NC(=O)c1cnc2ccccc2c1)C(=O)N[C@@H](CC1CCCCC1)C(=O)N[C@H]1CSSC[C@@H](C(N)=O)NC1=O. The van der Waals surface area contributed by atoms with Crippen molar-refractivity contribution in [3.63, 3.8) is 0 Å². The van der Waals surface area contributed by atoms with Crippen molar-refractivity contribution in [3.8, 4) is 0 Å². The number of carbonyl (C=O) groups excluding carboxylic acids is 8. The minimum Gasteiger partial charge on any atom is -0.370 e. The maximum absolute atomic E-state index is 14.3. The molecule has 0 unspecified atom stereocenters. The Kier molecular flexibility index (Phi) is 21.7. The number of rotatable bonds is 24. The number of hydrogen-bond donors (Lipinski definition) is 12. The van der Waals surface area contributed by atoms with Crippen molar-refractivity contribution >= 4 is 91.7 Å². The predicted molar refractivity (Wildman–Crippen MR) is 256 cm³/mol. The Bertz CT molecular complexity index is 2130. The Morgan fingerprint density at radius 3 is 1.88 bits per heavy atom. The number of carbonyl (C=O) groups is 8. The fourth-order valence-corrected chi connectivity index (χ4v) is 9.84. The highest BCUT2D eigenvalue weighted by Gasteiger charge is 2.35. The third kappa shape index (κ3) is 18.4. The molecule has 2 heterocycles. The van der Waals surface area contributed by atoms with E-state index >= 15 is 0 Å². The lowest BCUT2D eigenvalue weighted by Crippen LogP contribution is -2.60.